The van der Waals surface area contributed by atoms with Crippen LogP contribution in [0.25, 0.3) is 15.3 Å². The van der Waals surface area contributed by atoms with E-state index in [4.69, 9.17) is 16.3 Å². The van der Waals surface area contributed by atoms with Gasteiger partial charge in [-0.3, -0.25) is 4.79 Å². The standard InChI is InChI=1S/C22H18ClFN4O2S/c1-3-30-12-7-8-16-17(9-12)31-22(25-16)28-21-19(11(2)27-28)13(10-18(29)26-21)20-14(23)5-4-6-15(20)24/h4-9,13H,3,10H2,1-2H3,(H,26,29)/t13-/m1/s1. The molecule has 0 fully saturated rings. The highest BCUT2D eigenvalue weighted by atomic mass is 35.5. The van der Waals surface area contributed by atoms with E-state index in [1.807, 2.05) is 32.0 Å². The summed E-state index contributed by atoms with van der Waals surface area (Å²) in [5.41, 5.74) is 2.56. The normalized spacial score (nSPS) is 15.7. The summed E-state index contributed by atoms with van der Waals surface area (Å²) in [6.07, 6.45) is 0.0950. The summed E-state index contributed by atoms with van der Waals surface area (Å²) in [7, 11) is 0. The van der Waals surface area contributed by atoms with Crippen LogP contribution in [-0.4, -0.2) is 27.3 Å². The van der Waals surface area contributed by atoms with E-state index in [0.717, 1.165) is 21.5 Å². The van der Waals surface area contributed by atoms with Gasteiger partial charge in [-0.2, -0.15) is 9.78 Å². The fraction of sp³-hybridized carbons (Fsp3) is 0.227. The lowest BCUT2D eigenvalue weighted by molar-refractivity contribution is -0.116. The van der Waals surface area contributed by atoms with E-state index in [0.29, 0.717) is 33.8 Å². The number of anilines is 1. The van der Waals surface area contributed by atoms with Crippen molar-refractivity contribution in [3.8, 4) is 10.9 Å². The maximum Gasteiger partial charge on any atom is 0.226 e. The number of amides is 1. The monoisotopic (exact) mass is 456 g/mol. The number of nitrogens with zero attached hydrogens (tertiary/aromatic N) is 3. The van der Waals surface area contributed by atoms with Crippen LogP contribution in [0.5, 0.6) is 5.75 Å². The van der Waals surface area contributed by atoms with Crippen LogP contribution in [0.2, 0.25) is 5.02 Å². The van der Waals surface area contributed by atoms with Crippen LogP contribution in [0.15, 0.2) is 36.4 Å². The van der Waals surface area contributed by atoms with Gasteiger partial charge in [-0.15, -0.1) is 0 Å². The summed E-state index contributed by atoms with van der Waals surface area (Å²) in [4.78, 5) is 17.2. The van der Waals surface area contributed by atoms with Crippen molar-refractivity contribution < 1.29 is 13.9 Å². The summed E-state index contributed by atoms with van der Waals surface area (Å²) in [6.45, 7) is 4.35. The van der Waals surface area contributed by atoms with E-state index in [9.17, 15) is 9.18 Å². The van der Waals surface area contributed by atoms with Gasteiger partial charge in [0.25, 0.3) is 0 Å². The largest absolute Gasteiger partial charge is 0.494 e. The van der Waals surface area contributed by atoms with E-state index in [2.05, 4.69) is 15.4 Å². The van der Waals surface area contributed by atoms with Gasteiger partial charge >= 0.3 is 0 Å². The van der Waals surface area contributed by atoms with Crippen LogP contribution in [-0.2, 0) is 4.79 Å². The van der Waals surface area contributed by atoms with Gasteiger partial charge < -0.3 is 10.1 Å². The van der Waals surface area contributed by atoms with Crippen LogP contribution < -0.4 is 10.1 Å². The van der Waals surface area contributed by atoms with Gasteiger partial charge in [-0.05, 0) is 44.2 Å². The van der Waals surface area contributed by atoms with Crippen LogP contribution in [0.1, 0.15) is 36.1 Å². The first kappa shape index (κ1) is 20.0. The SMILES string of the molecule is CCOc1ccc2nc(-n3nc(C)c4c3NC(=O)C[C@H]4c3c(F)cccc3Cl)sc2c1. The van der Waals surface area contributed by atoms with Gasteiger partial charge in [0.2, 0.25) is 11.0 Å². The quantitative estimate of drug-likeness (QED) is 0.443. The first-order valence-corrected chi connectivity index (χ1v) is 11.0. The highest BCUT2D eigenvalue weighted by Crippen LogP contribution is 2.43. The Kier molecular flexibility index (Phi) is 4.91. The van der Waals surface area contributed by atoms with Gasteiger partial charge in [0.05, 0.1) is 22.5 Å². The maximum atomic E-state index is 14.7. The van der Waals surface area contributed by atoms with Crippen LogP contribution in [0.4, 0.5) is 10.2 Å². The molecule has 5 rings (SSSR count). The first-order valence-electron chi connectivity index (χ1n) is 9.83. The number of aryl methyl sites for hydroxylation is 1. The molecule has 1 atom stereocenters. The summed E-state index contributed by atoms with van der Waals surface area (Å²) < 4.78 is 22.8. The number of hydrogen-bond donors (Lipinski definition) is 1. The molecule has 1 N–H and O–H groups in total. The molecule has 2 aromatic heterocycles. The molecule has 0 radical (unpaired) electrons. The van der Waals surface area contributed by atoms with Crippen molar-refractivity contribution in [1.82, 2.24) is 14.8 Å². The van der Waals surface area contributed by atoms with Crippen molar-refractivity contribution in [2.75, 3.05) is 11.9 Å². The van der Waals surface area contributed by atoms with Gasteiger partial charge in [0, 0.05) is 28.5 Å². The second-order valence-corrected chi connectivity index (χ2v) is 8.67. The summed E-state index contributed by atoms with van der Waals surface area (Å²) in [6, 6.07) is 10.2. The van der Waals surface area contributed by atoms with Gasteiger partial charge in [-0.1, -0.05) is 29.0 Å². The average molecular weight is 457 g/mol. The van der Waals surface area contributed by atoms with Crippen molar-refractivity contribution >= 4 is 44.9 Å². The number of ether oxygens (including phenoxy) is 1. The molecule has 0 spiro atoms. The molecular weight excluding hydrogens is 439 g/mol. The lowest BCUT2D eigenvalue weighted by Gasteiger charge is -2.25. The molecule has 31 heavy (non-hydrogen) atoms. The van der Waals surface area contributed by atoms with Gasteiger partial charge in [0.15, 0.2) is 0 Å². The molecule has 1 aliphatic heterocycles. The number of carbonyl (C=O) groups excluding carboxylic acids is 1. The zero-order chi connectivity index (χ0) is 21.7. The van der Waals surface area contributed by atoms with Crippen molar-refractivity contribution in [2.45, 2.75) is 26.2 Å². The van der Waals surface area contributed by atoms with E-state index < -0.39 is 11.7 Å². The number of benzene rings is 2. The predicted molar refractivity (Wildman–Crippen MR) is 119 cm³/mol. The molecule has 0 saturated heterocycles. The fourth-order valence-corrected chi connectivity index (χ4v) is 5.26. The van der Waals surface area contributed by atoms with Crippen molar-refractivity contribution in [1.29, 1.82) is 0 Å². The average Bonchev–Trinajstić information content (AvgIpc) is 3.28. The van der Waals surface area contributed by atoms with Crippen LogP contribution in [0, 0.1) is 12.7 Å². The third kappa shape index (κ3) is 3.36. The molecule has 1 aliphatic rings. The Morgan fingerprint density at radius 3 is 2.94 bits per heavy atom. The highest BCUT2D eigenvalue weighted by molar-refractivity contribution is 7.20. The number of carbonyl (C=O) groups is 1. The molecule has 0 saturated carbocycles. The Labute approximate surface area is 186 Å². The fourth-order valence-electron chi connectivity index (χ4n) is 4.02. The topological polar surface area (TPSA) is 69.0 Å². The number of rotatable bonds is 4. The van der Waals surface area contributed by atoms with E-state index in [1.165, 1.54) is 17.4 Å². The summed E-state index contributed by atoms with van der Waals surface area (Å²) in [5.74, 6) is 0.0881. The second kappa shape index (κ2) is 7.62. The molecule has 0 aliphatic carbocycles. The Balaban J connectivity index is 1.65. The van der Waals surface area contributed by atoms with E-state index in [-0.39, 0.29) is 12.3 Å². The molecule has 6 nitrogen and oxygen atoms in total. The third-order valence-corrected chi connectivity index (χ3v) is 6.61. The third-order valence-electron chi connectivity index (χ3n) is 5.29. The molecule has 0 bridgehead atoms. The predicted octanol–water partition coefficient (Wildman–Crippen LogP) is 5.46. The molecular formula is C22H18ClFN4O2S. The maximum absolute atomic E-state index is 14.7. The van der Waals surface area contributed by atoms with Gasteiger partial charge in [0.1, 0.15) is 17.4 Å². The highest BCUT2D eigenvalue weighted by Gasteiger charge is 2.35. The first-order chi connectivity index (χ1) is 15.0. The lowest BCUT2D eigenvalue weighted by Crippen LogP contribution is -2.25. The molecule has 158 valence electrons. The Hall–Kier alpha value is -2.97. The summed E-state index contributed by atoms with van der Waals surface area (Å²) in [5, 5.41) is 8.44. The summed E-state index contributed by atoms with van der Waals surface area (Å²) >= 11 is 7.77. The zero-order valence-corrected chi connectivity index (χ0v) is 18.4. The minimum absolute atomic E-state index is 0.0950. The minimum Gasteiger partial charge on any atom is -0.494 e. The minimum atomic E-state index is -0.523. The number of thiazole rings is 1. The molecule has 0 unspecified atom stereocenters. The molecule has 1 amide bonds. The van der Waals surface area contributed by atoms with Gasteiger partial charge in [-0.25, -0.2) is 9.37 Å². The number of hydrogen-bond acceptors (Lipinski definition) is 5. The molecule has 9 heteroatoms. The lowest BCUT2D eigenvalue weighted by atomic mass is 9.85. The molecule has 4 aromatic rings. The molecule has 2 aromatic carbocycles. The van der Waals surface area contributed by atoms with Crippen LogP contribution in [0.3, 0.4) is 0 Å². The Morgan fingerprint density at radius 2 is 2.16 bits per heavy atom. The molecule has 3 heterocycles. The second-order valence-electron chi connectivity index (χ2n) is 7.26. The number of nitrogens with one attached hydrogen (secondary N) is 1. The smallest absolute Gasteiger partial charge is 0.226 e. The van der Waals surface area contributed by atoms with Crippen LogP contribution >= 0.6 is 22.9 Å². The zero-order valence-electron chi connectivity index (χ0n) is 16.8. The number of fused-ring (bicyclic) bond motifs is 2. The number of aromatic nitrogens is 3. The Morgan fingerprint density at radius 1 is 1.32 bits per heavy atom. The van der Waals surface area contributed by atoms with E-state index in [1.54, 1.807) is 16.8 Å². The Bertz CT molecular complexity index is 1310. The number of halogens is 2. The van der Waals surface area contributed by atoms with E-state index >= 15 is 0 Å². The van der Waals surface area contributed by atoms with Crippen molar-refractivity contribution in [2.24, 2.45) is 0 Å². The van der Waals surface area contributed by atoms with Crippen molar-refractivity contribution in [3.05, 3.63) is 64.1 Å². The van der Waals surface area contributed by atoms with Crippen molar-refractivity contribution in [3.63, 3.8) is 0 Å².